The molecule has 1 aliphatic rings. The zero-order valence-corrected chi connectivity index (χ0v) is 16.2. The van der Waals surface area contributed by atoms with Gasteiger partial charge in [-0.25, -0.2) is 4.39 Å². The van der Waals surface area contributed by atoms with Gasteiger partial charge in [-0.15, -0.1) is 13.2 Å². The molecule has 1 fully saturated rings. The number of guanidine groups is 1. The first kappa shape index (κ1) is 21.7. The summed E-state index contributed by atoms with van der Waals surface area (Å²) < 4.78 is 54.5. The molecule has 0 spiro atoms. The van der Waals surface area contributed by atoms with Crippen molar-refractivity contribution in [3.63, 3.8) is 0 Å². The van der Waals surface area contributed by atoms with Gasteiger partial charge in [-0.2, -0.15) is 0 Å². The lowest BCUT2D eigenvalue weighted by Crippen LogP contribution is -2.47. The summed E-state index contributed by atoms with van der Waals surface area (Å²) in [4.78, 5) is 8.59. The molecule has 6 nitrogen and oxygen atoms in total. The van der Waals surface area contributed by atoms with E-state index in [1.165, 1.54) is 30.3 Å². The van der Waals surface area contributed by atoms with E-state index >= 15 is 0 Å². The minimum atomic E-state index is -4.79. The van der Waals surface area contributed by atoms with Gasteiger partial charge in [-0.05, 0) is 36.4 Å². The average Bonchev–Trinajstić information content (AvgIpc) is 2.70. The normalized spacial score (nSPS) is 15.9. The van der Waals surface area contributed by atoms with Crippen molar-refractivity contribution in [3.05, 3.63) is 54.3 Å². The first-order valence-electron chi connectivity index (χ1n) is 9.45. The van der Waals surface area contributed by atoms with E-state index in [4.69, 9.17) is 5.73 Å². The van der Waals surface area contributed by atoms with E-state index in [1.807, 2.05) is 0 Å². The summed E-state index contributed by atoms with van der Waals surface area (Å²) in [5.41, 5.74) is 6.88. The molecule has 0 aliphatic carbocycles. The first-order chi connectivity index (χ1) is 14.3. The number of nitrogens with zero attached hydrogens (tertiary/aromatic N) is 3. The van der Waals surface area contributed by atoms with Crippen LogP contribution in [0.5, 0.6) is 5.75 Å². The average molecular weight is 425 g/mol. The number of anilines is 2. The molecular weight excluding hydrogens is 402 g/mol. The summed E-state index contributed by atoms with van der Waals surface area (Å²) in [6.07, 6.45) is -4.79. The van der Waals surface area contributed by atoms with Crippen molar-refractivity contribution in [2.75, 3.05) is 49.5 Å². The van der Waals surface area contributed by atoms with Gasteiger partial charge in [0.15, 0.2) is 11.7 Å². The number of hydrogen-bond acceptors (Lipinski definition) is 4. The highest BCUT2D eigenvalue weighted by molar-refractivity contribution is 5.93. The summed E-state index contributed by atoms with van der Waals surface area (Å²) in [6.45, 7) is 4.33. The van der Waals surface area contributed by atoms with Gasteiger partial charge < -0.3 is 20.7 Å². The van der Waals surface area contributed by atoms with E-state index in [2.05, 4.69) is 24.8 Å². The van der Waals surface area contributed by atoms with E-state index in [9.17, 15) is 17.6 Å². The Hall–Kier alpha value is -3.01. The zero-order chi connectivity index (χ0) is 21.6. The summed E-state index contributed by atoms with van der Waals surface area (Å²) in [6, 6.07) is 12.1. The number of rotatable bonds is 6. The largest absolute Gasteiger partial charge is 0.573 e. The summed E-state index contributed by atoms with van der Waals surface area (Å²) in [5, 5.41) is 2.65. The number of para-hydroxylation sites is 2. The van der Waals surface area contributed by atoms with E-state index in [0.717, 1.165) is 31.9 Å². The Morgan fingerprint density at radius 1 is 1.03 bits per heavy atom. The molecular formula is C20H23F4N5O. The molecule has 0 radical (unpaired) electrons. The molecule has 0 atom stereocenters. The highest BCUT2D eigenvalue weighted by Crippen LogP contribution is 2.29. The maximum absolute atomic E-state index is 13.0. The van der Waals surface area contributed by atoms with Crippen molar-refractivity contribution in [2.24, 2.45) is 10.7 Å². The van der Waals surface area contributed by atoms with Crippen LogP contribution >= 0.6 is 0 Å². The van der Waals surface area contributed by atoms with Crippen molar-refractivity contribution >= 4 is 17.3 Å². The Morgan fingerprint density at radius 3 is 2.37 bits per heavy atom. The lowest BCUT2D eigenvalue weighted by Gasteiger charge is -2.35. The third-order valence-electron chi connectivity index (χ3n) is 4.64. The number of hydrogen-bond donors (Lipinski definition) is 2. The van der Waals surface area contributed by atoms with E-state index in [1.54, 1.807) is 18.2 Å². The van der Waals surface area contributed by atoms with Crippen LogP contribution in [-0.4, -0.2) is 56.5 Å². The number of alkyl halides is 3. The van der Waals surface area contributed by atoms with Crippen LogP contribution in [0.2, 0.25) is 0 Å². The molecule has 1 saturated heterocycles. The molecule has 0 bridgehead atoms. The Balaban J connectivity index is 1.45. The predicted octanol–water partition coefficient (Wildman–Crippen LogP) is 3.27. The summed E-state index contributed by atoms with van der Waals surface area (Å²) in [7, 11) is 0. The summed E-state index contributed by atoms with van der Waals surface area (Å²) in [5.74, 6) is -0.618. The van der Waals surface area contributed by atoms with Crippen LogP contribution in [-0.2, 0) is 0 Å². The van der Waals surface area contributed by atoms with Gasteiger partial charge in [0.05, 0.1) is 12.2 Å². The van der Waals surface area contributed by atoms with E-state index in [-0.39, 0.29) is 23.2 Å². The van der Waals surface area contributed by atoms with Crippen molar-refractivity contribution in [1.29, 1.82) is 0 Å². The number of ether oxygens (including phenoxy) is 1. The summed E-state index contributed by atoms with van der Waals surface area (Å²) >= 11 is 0. The van der Waals surface area contributed by atoms with Gasteiger partial charge in [0.1, 0.15) is 5.82 Å². The first-order valence-corrected chi connectivity index (χ1v) is 9.45. The molecule has 3 rings (SSSR count). The Labute approximate surface area is 171 Å². The number of aliphatic imine (C=N–C) groups is 1. The van der Waals surface area contributed by atoms with Gasteiger partial charge in [-0.1, -0.05) is 12.1 Å². The van der Waals surface area contributed by atoms with E-state index < -0.39 is 6.36 Å². The number of nitrogens with two attached hydrogens (primary N) is 1. The molecule has 0 saturated carbocycles. The number of piperazine rings is 1. The molecule has 162 valence electrons. The molecule has 1 heterocycles. The number of halogens is 4. The van der Waals surface area contributed by atoms with Gasteiger partial charge in [0.2, 0.25) is 0 Å². The fourth-order valence-electron chi connectivity index (χ4n) is 3.15. The Kier molecular flexibility index (Phi) is 6.99. The minimum Gasteiger partial charge on any atom is -0.404 e. The van der Waals surface area contributed by atoms with Crippen LogP contribution in [0.15, 0.2) is 53.5 Å². The van der Waals surface area contributed by atoms with Crippen LogP contribution in [0.3, 0.4) is 0 Å². The fourth-order valence-corrected chi connectivity index (χ4v) is 3.15. The third-order valence-corrected chi connectivity index (χ3v) is 4.64. The second kappa shape index (κ2) is 9.66. The molecule has 30 heavy (non-hydrogen) atoms. The second-order valence-corrected chi connectivity index (χ2v) is 6.74. The highest BCUT2D eigenvalue weighted by atomic mass is 19.4. The van der Waals surface area contributed by atoms with Crippen LogP contribution in [0.1, 0.15) is 0 Å². The minimum absolute atomic E-state index is 0.0122. The molecule has 3 N–H and O–H groups in total. The molecule has 1 aliphatic heterocycles. The van der Waals surface area contributed by atoms with Crippen LogP contribution in [0, 0.1) is 5.82 Å². The smallest absolute Gasteiger partial charge is 0.404 e. The molecule has 10 heteroatoms. The zero-order valence-electron chi connectivity index (χ0n) is 16.2. The predicted molar refractivity (Wildman–Crippen MR) is 108 cm³/mol. The SMILES string of the molecule is NC(=NCCN1CCN(c2ccc(F)cc2)CC1)Nc1ccccc1OC(F)(F)F. The second-order valence-electron chi connectivity index (χ2n) is 6.74. The monoisotopic (exact) mass is 425 g/mol. The maximum atomic E-state index is 13.0. The van der Waals surface area contributed by atoms with Gasteiger partial charge >= 0.3 is 6.36 Å². The molecule has 0 unspecified atom stereocenters. The van der Waals surface area contributed by atoms with Crippen molar-refractivity contribution < 1.29 is 22.3 Å². The molecule has 2 aromatic carbocycles. The van der Waals surface area contributed by atoms with Crippen LogP contribution < -0.4 is 20.7 Å². The van der Waals surface area contributed by atoms with Crippen LogP contribution in [0.4, 0.5) is 28.9 Å². The lowest BCUT2D eigenvalue weighted by molar-refractivity contribution is -0.274. The fraction of sp³-hybridized carbons (Fsp3) is 0.350. The number of benzene rings is 2. The van der Waals surface area contributed by atoms with Gasteiger partial charge in [0, 0.05) is 38.4 Å². The van der Waals surface area contributed by atoms with Crippen molar-refractivity contribution in [1.82, 2.24) is 4.90 Å². The highest BCUT2D eigenvalue weighted by Gasteiger charge is 2.32. The quantitative estimate of drug-likeness (QED) is 0.423. The van der Waals surface area contributed by atoms with E-state index in [0.29, 0.717) is 13.1 Å². The molecule has 2 aromatic rings. The van der Waals surface area contributed by atoms with Crippen molar-refractivity contribution in [2.45, 2.75) is 6.36 Å². The molecule has 0 amide bonds. The van der Waals surface area contributed by atoms with Gasteiger partial charge in [0.25, 0.3) is 0 Å². The standard InChI is InChI=1S/C20H23F4N5O/c21-15-5-7-16(8-6-15)29-13-11-28(12-14-29)10-9-26-19(25)27-17-3-1-2-4-18(17)30-20(22,23)24/h1-8H,9-14H2,(H3,25,26,27). The maximum Gasteiger partial charge on any atom is 0.573 e. The molecule has 0 aromatic heterocycles. The Morgan fingerprint density at radius 2 is 1.70 bits per heavy atom. The lowest BCUT2D eigenvalue weighted by atomic mass is 10.2. The number of nitrogens with one attached hydrogen (secondary N) is 1. The topological polar surface area (TPSA) is 66.1 Å². The Bertz CT molecular complexity index is 849. The van der Waals surface area contributed by atoms with Crippen LogP contribution in [0.25, 0.3) is 0 Å². The van der Waals surface area contributed by atoms with Gasteiger partial charge in [-0.3, -0.25) is 9.89 Å². The third kappa shape index (κ3) is 6.51. The van der Waals surface area contributed by atoms with Crippen molar-refractivity contribution in [3.8, 4) is 5.75 Å².